The number of hydrazone groups is 1. The van der Waals surface area contributed by atoms with Gasteiger partial charge in [0.15, 0.2) is 0 Å². The second-order valence-corrected chi connectivity index (χ2v) is 8.68. The zero-order chi connectivity index (χ0) is 21.3. The number of ether oxygens (including phenoxy) is 2. The molecule has 3 heterocycles. The Morgan fingerprint density at radius 1 is 1.47 bits per heavy atom. The normalized spacial score (nSPS) is 28.5. The van der Waals surface area contributed by atoms with Crippen molar-refractivity contribution in [2.75, 3.05) is 25.6 Å². The molecule has 0 aliphatic carbocycles. The highest BCUT2D eigenvalue weighted by atomic mass is 16.5. The lowest BCUT2D eigenvalue weighted by Crippen LogP contribution is -2.43. The molecule has 1 fully saturated rings. The summed E-state index contributed by atoms with van der Waals surface area (Å²) in [4.78, 5) is 4.48. The molecule has 1 saturated heterocycles. The van der Waals surface area contributed by atoms with Gasteiger partial charge in [0, 0.05) is 30.3 Å². The van der Waals surface area contributed by atoms with E-state index in [0.717, 1.165) is 36.3 Å². The number of aliphatic hydroxyl groups excluding tert-OH is 1. The third kappa shape index (κ3) is 4.09. The van der Waals surface area contributed by atoms with Gasteiger partial charge in [-0.15, -0.1) is 0 Å². The Morgan fingerprint density at radius 2 is 2.30 bits per heavy atom. The molecule has 1 aromatic carbocycles. The molecule has 4 atom stereocenters. The van der Waals surface area contributed by atoms with E-state index in [4.69, 9.17) is 9.47 Å². The molecule has 3 unspecified atom stereocenters. The minimum Gasteiger partial charge on any atom is -0.481 e. The van der Waals surface area contributed by atoms with Crippen LogP contribution < -0.4 is 5.32 Å². The molecule has 3 aliphatic heterocycles. The lowest BCUT2D eigenvalue weighted by molar-refractivity contribution is 0.0673. The lowest BCUT2D eigenvalue weighted by atomic mass is 9.86. The monoisotopic (exact) mass is 412 g/mol. The first kappa shape index (κ1) is 20.9. The molecule has 0 bridgehead atoms. The number of aliphatic imine (C=N–C) groups is 1. The summed E-state index contributed by atoms with van der Waals surface area (Å²) in [6.45, 7) is 7.69. The van der Waals surface area contributed by atoms with Gasteiger partial charge in [0.05, 0.1) is 31.7 Å². The minimum absolute atomic E-state index is 0.0406. The van der Waals surface area contributed by atoms with E-state index >= 15 is 0 Å². The molecule has 3 aliphatic rings. The summed E-state index contributed by atoms with van der Waals surface area (Å²) in [5, 5.41) is 20.7. The van der Waals surface area contributed by atoms with Crippen LogP contribution in [-0.4, -0.2) is 55.1 Å². The molecule has 4 rings (SSSR count). The van der Waals surface area contributed by atoms with Crippen LogP contribution in [0, 0.1) is 11.8 Å². The predicted molar refractivity (Wildman–Crippen MR) is 119 cm³/mol. The maximum Gasteiger partial charge on any atom is 0.211 e. The van der Waals surface area contributed by atoms with E-state index < -0.39 is 6.23 Å². The van der Waals surface area contributed by atoms with E-state index in [0.29, 0.717) is 18.4 Å². The van der Waals surface area contributed by atoms with Gasteiger partial charge in [-0.2, -0.15) is 5.10 Å². The van der Waals surface area contributed by atoms with E-state index in [-0.39, 0.29) is 18.0 Å². The fourth-order valence-corrected chi connectivity index (χ4v) is 4.43. The van der Waals surface area contributed by atoms with Crippen LogP contribution in [0.1, 0.15) is 44.4 Å². The van der Waals surface area contributed by atoms with Gasteiger partial charge in [0.25, 0.3) is 0 Å². The number of methoxy groups -OCH3 is 1. The fraction of sp³-hybridized carbons (Fsp3) is 0.565. The maximum atomic E-state index is 10.7. The van der Waals surface area contributed by atoms with Gasteiger partial charge in [-0.1, -0.05) is 26.0 Å². The molecule has 1 aromatic rings. The molecule has 7 nitrogen and oxygen atoms in total. The number of hydrogen-bond donors (Lipinski definition) is 2. The zero-order valence-electron chi connectivity index (χ0n) is 18.2. The third-order valence-corrected chi connectivity index (χ3v) is 5.92. The third-order valence-electron chi connectivity index (χ3n) is 5.92. The summed E-state index contributed by atoms with van der Waals surface area (Å²) in [7, 11) is 1.66. The molecule has 162 valence electrons. The van der Waals surface area contributed by atoms with Crippen molar-refractivity contribution in [1.29, 1.82) is 0 Å². The van der Waals surface area contributed by atoms with Gasteiger partial charge in [0.1, 0.15) is 6.23 Å². The Bertz CT molecular complexity index is 858. The highest BCUT2D eigenvalue weighted by Gasteiger charge is 2.44. The van der Waals surface area contributed by atoms with Crippen LogP contribution in [0.25, 0.3) is 0 Å². The number of benzene rings is 1. The van der Waals surface area contributed by atoms with Crippen molar-refractivity contribution < 1.29 is 14.6 Å². The number of rotatable bonds is 6. The minimum atomic E-state index is -0.657. The van der Waals surface area contributed by atoms with Gasteiger partial charge in [0.2, 0.25) is 5.88 Å². The molecule has 0 radical (unpaired) electrons. The van der Waals surface area contributed by atoms with E-state index in [1.165, 1.54) is 5.56 Å². The first-order valence-electron chi connectivity index (χ1n) is 10.7. The summed E-state index contributed by atoms with van der Waals surface area (Å²) >= 11 is 0. The first-order valence-corrected chi connectivity index (χ1v) is 10.7. The molecule has 0 spiro atoms. The van der Waals surface area contributed by atoms with Crippen molar-refractivity contribution in [3.8, 4) is 0 Å². The molecule has 7 heteroatoms. The van der Waals surface area contributed by atoms with Gasteiger partial charge in [-0.3, -0.25) is 5.01 Å². The quantitative estimate of drug-likeness (QED) is 0.554. The van der Waals surface area contributed by atoms with Crippen molar-refractivity contribution >= 4 is 18.1 Å². The number of nitrogens with one attached hydrogen (secondary N) is 1. The lowest BCUT2D eigenvalue weighted by Gasteiger charge is -2.39. The smallest absolute Gasteiger partial charge is 0.211 e. The number of allylic oxidation sites excluding steroid dienone is 1. The Kier molecular flexibility index (Phi) is 6.11. The molecule has 30 heavy (non-hydrogen) atoms. The van der Waals surface area contributed by atoms with E-state index in [2.05, 4.69) is 52.5 Å². The summed E-state index contributed by atoms with van der Waals surface area (Å²) in [6, 6.07) is 6.75. The van der Waals surface area contributed by atoms with Crippen molar-refractivity contribution in [3.05, 3.63) is 40.8 Å². The van der Waals surface area contributed by atoms with Crippen LogP contribution in [0.5, 0.6) is 0 Å². The molecule has 0 aromatic heterocycles. The van der Waals surface area contributed by atoms with Gasteiger partial charge in [-0.25, -0.2) is 4.99 Å². The highest BCUT2D eigenvalue weighted by molar-refractivity contribution is 5.71. The van der Waals surface area contributed by atoms with Crippen LogP contribution in [0.4, 0.5) is 5.69 Å². The second kappa shape index (κ2) is 8.78. The maximum absolute atomic E-state index is 10.7. The van der Waals surface area contributed by atoms with Crippen LogP contribution in [-0.2, 0) is 15.9 Å². The zero-order valence-corrected chi connectivity index (χ0v) is 18.2. The van der Waals surface area contributed by atoms with Crippen LogP contribution >= 0.6 is 0 Å². The largest absolute Gasteiger partial charge is 0.481 e. The van der Waals surface area contributed by atoms with Gasteiger partial charge < -0.3 is 19.9 Å². The van der Waals surface area contributed by atoms with E-state index in [9.17, 15) is 5.11 Å². The Labute approximate surface area is 178 Å². The number of hydrogen-bond acceptors (Lipinski definition) is 7. The van der Waals surface area contributed by atoms with Crippen molar-refractivity contribution in [2.24, 2.45) is 21.9 Å². The number of anilines is 1. The fourth-order valence-electron chi connectivity index (χ4n) is 4.43. The predicted octanol–water partition coefficient (Wildman–Crippen LogP) is 3.33. The number of nitrogens with zero attached hydrogens (tertiary/aromatic N) is 3. The molecule has 2 N–H and O–H groups in total. The van der Waals surface area contributed by atoms with Gasteiger partial charge >= 0.3 is 0 Å². The number of aliphatic hydroxyl groups is 1. The summed E-state index contributed by atoms with van der Waals surface area (Å²) in [6.07, 6.45) is 4.82. The molecule has 0 saturated carbocycles. The molecular weight excluding hydrogens is 380 g/mol. The molecule has 0 amide bonds. The summed E-state index contributed by atoms with van der Waals surface area (Å²) < 4.78 is 11.1. The Morgan fingerprint density at radius 3 is 3.00 bits per heavy atom. The number of fused-ring (bicyclic) bond motifs is 3. The van der Waals surface area contributed by atoms with E-state index in [1.54, 1.807) is 7.11 Å². The van der Waals surface area contributed by atoms with Crippen molar-refractivity contribution in [3.63, 3.8) is 0 Å². The van der Waals surface area contributed by atoms with E-state index in [1.807, 2.05) is 19.4 Å². The molecular formula is C23H32N4O3. The average molecular weight is 413 g/mol. The first-order chi connectivity index (χ1) is 14.5. The highest BCUT2D eigenvalue weighted by Crippen LogP contribution is 2.44. The second-order valence-electron chi connectivity index (χ2n) is 8.68. The Hall–Kier alpha value is -2.38. The summed E-state index contributed by atoms with van der Waals surface area (Å²) in [5.41, 5.74) is 4.35. The topological polar surface area (TPSA) is 78.7 Å². The SMILES string of the molecule is CO/C(N=CC(C)C)=C(\C)Cc1ccc2c(c1)NC(O)C1C=NN([C@H]3CCOC3)C21. The van der Waals surface area contributed by atoms with Gasteiger partial charge in [-0.05, 0) is 42.9 Å². The average Bonchev–Trinajstić information content (AvgIpc) is 3.38. The van der Waals surface area contributed by atoms with Crippen LogP contribution in [0.2, 0.25) is 0 Å². The van der Waals surface area contributed by atoms with Crippen molar-refractivity contribution in [2.45, 2.75) is 51.9 Å². The van der Waals surface area contributed by atoms with Crippen LogP contribution in [0.3, 0.4) is 0 Å². The summed E-state index contributed by atoms with van der Waals surface area (Å²) in [5.74, 6) is 0.967. The van der Waals surface area contributed by atoms with Crippen LogP contribution in [0.15, 0.2) is 39.7 Å². The standard InChI is InChI=1S/C23H32N4O3/c1-14(2)11-24-23(29-4)15(3)9-16-5-6-18-20(10-16)26-22(28)19-12-25-27(21(18)19)17-7-8-30-13-17/h5-6,10-12,14,17,19,21-22,26,28H,7-9,13H2,1-4H3/b23-15+,24-11?/t17-,19?,21?,22?/m0/s1. The Balaban J connectivity index is 1.58. The van der Waals surface area contributed by atoms with Crippen molar-refractivity contribution in [1.82, 2.24) is 5.01 Å².